The molecule has 1 unspecified atom stereocenters. The monoisotopic (exact) mass is 245 g/mol. The minimum absolute atomic E-state index is 0.0212. The Hall–Kier alpha value is -1.81. The summed E-state index contributed by atoms with van der Waals surface area (Å²) >= 11 is 0. The number of hydrogen-bond donors (Lipinski definition) is 1. The fraction of sp³-hybridized carbons (Fsp3) is 0.286. The molecule has 0 saturated heterocycles. The van der Waals surface area contributed by atoms with Crippen molar-refractivity contribution in [1.29, 1.82) is 0 Å². The van der Waals surface area contributed by atoms with Crippen molar-refractivity contribution in [2.75, 3.05) is 0 Å². The minimum Gasteiger partial charge on any atom is -0.328 e. The van der Waals surface area contributed by atoms with Crippen molar-refractivity contribution in [1.82, 2.24) is 9.97 Å². The number of aromatic nitrogens is 2. The number of rotatable bonds is 3. The first-order valence-corrected chi connectivity index (χ1v) is 5.90. The summed E-state index contributed by atoms with van der Waals surface area (Å²) in [4.78, 5) is 8.81. The predicted molar refractivity (Wildman–Crippen MR) is 69.5 cm³/mol. The van der Waals surface area contributed by atoms with Gasteiger partial charge >= 0.3 is 0 Å². The molecule has 0 saturated carbocycles. The van der Waals surface area contributed by atoms with Crippen LogP contribution >= 0.6 is 0 Å². The average Bonchev–Trinajstić information content (AvgIpc) is 2.28. The lowest BCUT2D eigenvalue weighted by molar-refractivity contribution is 0.628. The van der Waals surface area contributed by atoms with Gasteiger partial charge in [-0.25, -0.2) is 14.4 Å². The van der Waals surface area contributed by atoms with Gasteiger partial charge in [0.05, 0.1) is 5.69 Å². The molecule has 94 valence electrons. The number of halogens is 1. The van der Waals surface area contributed by atoms with Crippen LogP contribution in [-0.2, 0) is 6.42 Å². The molecule has 3 nitrogen and oxygen atoms in total. The molecule has 0 spiro atoms. The Morgan fingerprint density at radius 2 is 1.89 bits per heavy atom. The third-order valence-electron chi connectivity index (χ3n) is 2.55. The highest BCUT2D eigenvalue weighted by atomic mass is 19.1. The average molecular weight is 245 g/mol. The Kier molecular flexibility index (Phi) is 3.67. The zero-order valence-electron chi connectivity index (χ0n) is 10.5. The fourth-order valence-corrected chi connectivity index (χ4v) is 1.78. The van der Waals surface area contributed by atoms with Crippen molar-refractivity contribution >= 4 is 0 Å². The molecule has 0 amide bonds. The smallest absolute Gasteiger partial charge is 0.130 e. The maximum atomic E-state index is 12.9. The van der Waals surface area contributed by atoms with Crippen LogP contribution in [0.15, 0.2) is 30.3 Å². The van der Waals surface area contributed by atoms with E-state index in [1.54, 1.807) is 12.1 Å². The lowest BCUT2D eigenvalue weighted by atomic mass is 10.1. The normalized spacial score (nSPS) is 12.4. The Balaban J connectivity index is 2.38. The topological polar surface area (TPSA) is 51.8 Å². The second-order valence-electron chi connectivity index (χ2n) is 4.50. The zero-order chi connectivity index (χ0) is 13.1. The number of aryl methyl sites for hydroxylation is 1. The minimum atomic E-state index is -0.250. The summed E-state index contributed by atoms with van der Waals surface area (Å²) in [6, 6.07) is 8.20. The highest BCUT2D eigenvalue weighted by Gasteiger charge is 2.06. The van der Waals surface area contributed by atoms with Crippen LogP contribution in [0.2, 0.25) is 0 Å². The van der Waals surface area contributed by atoms with E-state index >= 15 is 0 Å². The quantitative estimate of drug-likeness (QED) is 0.903. The summed E-state index contributed by atoms with van der Waals surface area (Å²) in [5.41, 5.74) is 8.33. The van der Waals surface area contributed by atoms with E-state index < -0.39 is 0 Å². The van der Waals surface area contributed by atoms with Crippen LogP contribution in [0.1, 0.15) is 18.4 Å². The van der Waals surface area contributed by atoms with E-state index in [2.05, 4.69) is 9.97 Å². The fourth-order valence-electron chi connectivity index (χ4n) is 1.78. The summed E-state index contributed by atoms with van der Waals surface area (Å²) < 4.78 is 12.9. The van der Waals surface area contributed by atoms with Gasteiger partial charge in [-0.3, -0.25) is 0 Å². The molecule has 0 fully saturated rings. The van der Waals surface area contributed by atoms with E-state index in [1.165, 1.54) is 12.1 Å². The van der Waals surface area contributed by atoms with Gasteiger partial charge in [0.15, 0.2) is 0 Å². The standard InChI is InChI=1S/C14H16FN3/c1-9(16)7-14-17-10(2)8-13(18-14)11-3-5-12(15)6-4-11/h3-6,8-9H,7,16H2,1-2H3. The Labute approximate surface area is 106 Å². The molecule has 1 atom stereocenters. The van der Waals surface area contributed by atoms with Gasteiger partial charge in [0.2, 0.25) is 0 Å². The number of benzene rings is 1. The molecule has 4 heteroatoms. The maximum absolute atomic E-state index is 12.9. The first-order chi connectivity index (χ1) is 8.54. The Bertz CT molecular complexity index is 535. The molecule has 1 aromatic heterocycles. The highest BCUT2D eigenvalue weighted by Crippen LogP contribution is 2.18. The molecule has 2 aromatic rings. The van der Waals surface area contributed by atoms with Crippen LogP contribution in [0.3, 0.4) is 0 Å². The molecular formula is C14H16FN3. The first-order valence-electron chi connectivity index (χ1n) is 5.90. The summed E-state index contributed by atoms with van der Waals surface area (Å²) in [6.45, 7) is 3.84. The van der Waals surface area contributed by atoms with Crippen LogP contribution in [0, 0.1) is 12.7 Å². The molecule has 0 radical (unpaired) electrons. The van der Waals surface area contributed by atoms with Crippen molar-refractivity contribution in [2.24, 2.45) is 5.73 Å². The summed E-state index contributed by atoms with van der Waals surface area (Å²) in [5.74, 6) is 0.477. The maximum Gasteiger partial charge on any atom is 0.130 e. The van der Waals surface area contributed by atoms with Crippen molar-refractivity contribution in [3.8, 4) is 11.3 Å². The second-order valence-corrected chi connectivity index (χ2v) is 4.50. The van der Waals surface area contributed by atoms with Gasteiger partial charge in [0.1, 0.15) is 11.6 Å². The molecule has 2 N–H and O–H groups in total. The van der Waals surface area contributed by atoms with E-state index in [0.717, 1.165) is 22.8 Å². The molecule has 18 heavy (non-hydrogen) atoms. The zero-order valence-corrected chi connectivity index (χ0v) is 10.5. The van der Waals surface area contributed by atoms with E-state index in [9.17, 15) is 4.39 Å². The van der Waals surface area contributed by atoms with Crippen LogP contribution in [0.4, 0.5) is 4.39 Å². The lowest BCUT2D eigenvalue weighted by Crippen LogP contribution is -2.19. The molecule has 0 aliphatic carbocycles. The molecular weight excluding hydrogens is 229 g/mol. The molecule has 0 bridgehead atoms. The third-order valence-corrected chi connectivity index (χ3v) is 2.55. The Morgan fingerprint density at radius 3 is 2.50 bits per heavy atom. The van der Waals surface area contributed by atoms with Crippen molar-refractivity contribution in [3.05, 3.63) is 47.7 Å². The van der Waals surface area contributed by atoms with Gasteiger partial charge in [0, 0.05) is 23.7 Å². The van der Waals surface area contributed by atoms with Gasteiger partial charge in [-0.05, 0) is 44.2 Å². The van der Waals surface area contributed by atoms with E-state index in [-0.39, 0.29) is 11.9 Å². The summed E-state index contributed by atoms with van der Waals surface area (Å²) in [6.07, 6.45) is 0.635. The van der Waals surface area contributed by atoms with Gasteiger partial charge in [-0.2, -0.15) is 0 Å². The molecule has 2 rings (SSSR count). The molecule has 1 aromatic carbocycles. The molecule has 0 aliphatic rings. The van der Waals surface area contributed by atoms with Crippen molar-refractivity contribution in [3.63, 3.8) is 0 Å². The van der Waals surface area contributed by atoms with Crippen molar-refractivity contribution in [2.45, 2.75) is 26.3 Å². The van der Waals surface area contributed by atoms with E-state index in [0.29, 0.717) is 6.42 Å². The van der Waals surface area contributed by atoms with Crippen LogP contribution in [0.25, 0.3) is 11.3 Å². The van der Waals surface area contributed by atoms with Crippen LogP contribution in [0.5, 0.6) is 0 Å². The lowest BCUT2D eigenvalue weighted by Gasteiger charge is -2.08. The summed E-state index contributed by atoms with van der Waals surface area (Å²) in [5, 5.41) is 0. The predicted octanol–water partition coefficient (Wildman–Crippen LogP) is 2.48. The summed E-state index contributed by atoms with van der Waals surface area (Å²) in [7, 11) is 0. The SMILES string of the molecule is Cc1cc(-c2ccc(F)cc2)nc(CC(C)N)n1. The second kappa shape index (κ2) is 5.23. The first kappa shape index (κ1) is 12.6. The van der Waals surface area contributed by atoms with Gasteiger partial charge < -0.3 is 5.73 Å². The van der Waals surface area contributed by atoms with Crippen LogP contribution in [-0.4, -0.2) is 16.0 Å². The Morgan fingerprint density at radius 1 is 1.22 bits per heavy atom. The molecule has 0 aliphatic heterocycles. The van der Waals surface area contributed by atoms with E-state index in [4.69, 9.17) is 5.73 Å². The van der Waals surface area contributed by atoms with Gasteiger partial charge in [-0.15, -0.1) is 0 Å². The van der Waals surface area contributed by atoms with Gasteiger partial charge in [-0.1, -0.05) is 0 Å². The van der Waals surface area contributed by atoms with Crippen LogP contribution < -0.4 is 5.73 Å². The number of hydrogen-bond acceptors (Lipinski definition) is 3. The number of nitrogens with zero attached hydrogens (tertiary/aromatic N) is 2. The highest BCUT2D eigenvalue weighted by molar-refractivity contribution is 5.59. The molecule has 1 heterocycles. The largest absolute Gasteiger partial charge is 0.328 e. The number of nitrogens with two attached hydrogens (primary N) is 1. The van der Waals surface area contributed by atoms with Crippen molar-refractivity contribution < 1.29 is 4.39 Å². The van der Waals surface area contributed by atoms with Gasteiger partial charge in [0.25, 0.3) is 0 Å². The third kappa shape index (κ3) is 3.11. The van der Waals surface area contributed by atoms with E-state index in [1.807, 2.05) is 19.9 Å².